The Kier molecular flexibility index (Phi) is 5.05. The van der Waals surface area contributed by atoms with E-state index in [1.807, 2.05) is 45.0 Å². The summed E-state index contributed by atoms with van der Waals surface area (Å²) >= 11 is 0. The van der Waals surface area contributed by atoms with Gasteiger partial charge in [0.15, 0.2) is 5.69 Å². The summed E-state index contributed by atoms with van der Waals surface area (Å²) in [7, 11) is 0. The lowest BCUT2D eigenvalue weighted by atomic mass is 10.2. The van der Waals surface area contributed by atoms with Crippen LogP contribution in [0.2, 0.25) is 0 Å². The number of hydrogen-bond donors (Lipinski definition) is 0. The molecular formula is C15H19N3O3. The number of carbonyl (C=O) groups is 1. The molecule has 0 saturated heterocycles. The number of benzene rings is 1. The van der Waals surface area contributed by atoms with E-state index in [1.54, 1.807) is 10.9 Å². The lowest BCUT2D eigenvalue weighted by Crippen LogP contribution is -2.13. The van der Waals surface area contributed by atoms with Crippen molar-refractivity contribution >= 4 is 5.97 Å². The average molecular weight is 289 g/mol. The first-order valence-electron chi connectivity index (χ1n) is 6.84. The van der Waals surface area contributed by atoms with Crippen molar-refractivity contribution in [2.24, 2.45) is 0 Å². The zero-order valence-corrected chi connectivity index (χ0v) is 12.4. The predicted octanol–water partition coefficient (Wildman–Crippen LogP) is 2.16. The van der Waals surface area contributed by atoms with Crippen LogP contribution in [0, 0.1) is 6.92 Å². The second-order valence-electron chi connectivity index (χ2n) is 4.94. The molecule has 0 N–H and O–H groups in total. The summed E-state index contributed by atoms with van der Waals surface area (Å²) in [6.07, 6.45) is 1.67. The van der Waals surface area contributed by atoms with Crippen LogP contribution in [0.5, 0.6) is 0 Å². The van der Waals surface area contributed by atoms with Crippen LogP contribution in [0.4, 0.5) is 0 Å². The molecule has 0 saturated carbocycles. The fraction of sp³-hybridized carbons (Fsp3) is 0.400. The van der Waals surface area contributed by atoms with Crippen LogP contribution < -0.4 is 0 Å². The Labute approximate surface area is 123 Å². The Hall–Kier alpha value is -2.21. The first kappa shape index (κ1) is 15.2. The van der Waals surface area contributed by atoms with Gasteiger partial charge in [0.1, 0.15) is 6.61 Å². The highest BCUT2D eigenvalue weighted by Crippen LogP contribution is 2.08. The molecule has 0 atom stereocenters. The van der Waals surface area contributed by atoms with E-state index in [2.05, 4.69) is 10.3 Å². The van der Waals surface area contributed by atoms with Gasteiger partial charge in [0.05, 0.1) is 24.6 Å². The molecule has 0 amide bonds. The zero-order chi connectivity index (χ0) is 15.2. The highest BCUT2D eigenvalue weighted by Gasteiger charge is 2.13. The quantitative estimate of drug-likeness (QED) is 0.602. The molecule has 0 aliphatic heterocycles. The van der Waals surface area contributed by atoms with Gasteiger partial charge < -0.3 is 9.47 Å². The number of hydrogen-bond acceptors (Lipinski definition) is 5. The largest absolute Gasteiger partial charge is 0.458 e. The normalized spacial score (nSPS) is 10.9. The lowest BCUT2D eigenvalue weighted by molar-refractivity contribution is 0.0172. The van der Waals surface area contributed by atoms with Crippen molar-refractivity contribution in [2.45, 2.75) is 26.9 Å². The Morgan fingerprint density at radius 1 is 1.24 bits per heavy atom. The SMILES string of the molecule is Cc1ccc(-n2cc(C(=O)OCCOC(C)C)nn2)cc1. The smallest absolute Gasteiger partial charge is 0.360 e. The summed E-state index contributed by atoms with van der Waals surface area (Å²) in [4.78, 5) is 11.8. The van der Waals surface area contributed by atoms with E-state index in [-0.39, 0.29) is 18.4 Å². The number of rotatable bonds is 6. The molecule has 6 nitrogen and oxygen atoms in total. The molecule has 21 heavy (non-hydrogen) atoms. The Balaban J connectivity index is 1.93. The fourth-order valence-electron chi connectivity index (χ4n) is 1.67. The van der Waals surface area contributed by atoms with E-state index in [0.29, 0.717) is 6.61 Å². The van der Waals surface area contributed by atoms with Crippen molar-refractivity contribution in [3.8, 4) is 5.69 Å². The fourth-order valence-corrected chi connectivity index (χ4v) is 1.67. The summed E-state index contributed by atoms with van der Waals surface area (Å²) in [5.41, 5.74) is 2.18. The number of esters is 1. The summed E-state index contributed by atoms with van der Waals surface area (Å²) in [5.74, 6) is -0.499. The monoisotopic (exact) mass is 289 g/mol. The van der Waals surface area contributed by atoms with Gasteiger partial charge in [0.25, 0.3) is 0 Å². The molecule has 0 aliphatic rings. The van der Waals surface area contributed by atoms with E-state index in [0.717, 1.165) is 11.3 Å². The van der Waals surface area contributed by atoms with Gasteiger partial charge in [0, 0.05) is 0 Å². The minimum Gasteiger partial charge on any atom is -0.458 e. The van der Waals surface area contributed by atoms with Crippen LogP contribution in [-0.4, -0.2) is 40.3 Å². The molecule has 0 bridgehead atoms. The van der Waals surface area contributed by atoms with Crippen LogP contribution in [-0.2, 0) is 9.47 Å². The van der Waals surface area contributed by atoms with Gasteiger partial charge in [0.2, 0.25) is 0 Å². The van der Waals surface area contributed by atoms with Gasteiger partial charge in [-0.3, -0.25) is 0 Å². The van der Waals surface area contributed by atoms with E-state index in [1.165, 1.54) is 0 Å². The lowest BCUT2D eigenvalue weighted by Gasteiger charge is -2.06. The summed E-state index contributed by atoms with van der Waals surface area (Å²) in [6, 6.07) is 7.77. The third kappa shape index (κ3) is 4.39. The summed E-state index contributed by atoms with van der Waals surface area (Å²) < 4.78 is 11.9. The van der Waals surface area contributed by atoms with Crippen LogP contribution in [0.3, 0.4) is 0 Å². The van der Waals surface area contributed by atoms with Gasteiger partial charge in [-0.2, -0.15) is 0 Å². The summed E-state index contributed by atoms with van der Waals surface area (Å²) in [5, 5.41) is 7.75. The molecule has 2 aromatic rings. The number of ether oxygens (including phenoxy) is 2. The molecule has 1 heterocycles. The molecule has 112 valence electrons. The number of aromatic nitrogens is 3. The third-order valence-corrected chi connectivity index (χ3v) is 2.77. The first-order valence-corrected chi connectivity index (χ1v) is 6.84. The van der Waals surface area contributed by atoms with Crippen LogP contribution in [0.15, 0.2) is 30.5 Å². The molecular weight excluding hydrogens is 270 g/mol. The van der Waals surface area contributed by atoms with E-state index < -0.39 is 5.97 Å². The Bertz CT molecular complexity index is 590. The van der Waals surface area contributed by atoms with Crippen molar-refractivity contribution in [3.05, 3.63) is 41.7 Å². The van der Waals surface area contributed by atoms with Crippen molar-refractivity contribution in [3.63, 3.8) is 0 Å². The number of aryl methyl sites for hydroxylation is 1. The average Bonchev–Trinajstić information content (AvgIpc) is 2.94. The molecule has 1 aromatic carbocycles. The number of nitrogens with zero attached hydrogens (tertiary/aromatic N) is 3. The van der Waals surface area contributed by atoms with Gasteiger partial charge in [-0.25, -0.2) is 9.48 Å². The zero-order valence-electron chi connectivity index (χ0n) is 12.4. The van der Waals surface area contributed by atoms with Crippen molar-refractivity contribution in [1.29, 1.82) is 0 Å². The second kappa shape index (κ2) is 6.99. The maximum absolute atomic E-state index is 11.8. The predicted molar refractivity (Wildman–Crippen MR) is 77.5 cm³/mol. The summed E-state index contributed by atoms with van der Waals surface area (Å²) in [6.45, 7) is 6.43. The first-order chi connectivity index (χ1) is 10.1. The maximum Gasteiger partial charge on any atom is 0.360 e. The highest BCUT2D eigenvalue weighted by atomic mass is 16.6. The molecule has 6 heteroatoms. The molecule has 0 aliphatic carbocycles. The van der Waals surface area contributed by atoms with E-state index in [9.17, 15) is 4.79 Å². The molecule has 1 aromatic heterocycles. The van der Waals surface area contributed by atoms with Gasteiger partial charge in [-0.15, -0.1) is 5.10 Å². The van der Waals surface area contributed by atoms with Gasteiger partial charge in [-0.05, 0) is 32.9 Å². The molecule has 2 rings (SSSR count). The number of carbonyl (C=O) groups excluding carboxylic acids is 1. The van der Waals surface area contributed by atoms with Crippen molar-refractivity contribution in [1.82, 2.24) is 15.0 Å². The van der Waals surface area contributed by atoms with Gasteiger partial charge >= 0.3 is 5.97 Å². The molecule has 0 radical (unpaired) electrons. The molecule has 0 fully saturated rings. The maximum atomic E-state index is 11.8. The standard InChI is InChI=1S/C15H19N3O3/c1-11(2)20-8-9-21-15(19)14-10-18(17-16-14)13-6-4-12(3)5-7-13/h4-7,10-11H,8-9H2,1-3H3. The molecule has 0 unspecified atom stereocenters. The van der Waals surface area contributed by atoms with Crippen molar-refractivity contribution in [2.75, 3.05) is 13.2 Å². The van der Waals surface area contributed by atoms with Crippen LogP contribution in [0.25, 0.3) is 5.69 Å². The minimum atomic E-state index is -0.499. The third-order valence-electron chi connectivity index (χ3n) is 2.77. The van der Waals surface area contributed by atoms with Gasteiger partial charge in [-0.1, -0.05) is 22.9 Å². The Morgan fingerprint density at radius 3 is 2.62 bits per heavy atom. The second-order valence-corrected chi connectivity index (χ2v) is 4.94. The highest BCUT2D eigenvalue weighted by molar-refractivity contribution is 5.86. The minimum absolute atomic E-state index is 0.117. The Morgan fingerprint density at radius 2 is 1.95 bits per heavy atom. The molecule has 0 spiro atoms. The van der Waals surface area contributed by atoms with Crippen LogP contribution in [0.1, 0.15) is 29.9 Å². The topological polar surface area (TPSA) is 66.2 Å². The van der Waals surface area contributed by atoms with E-state index in [4.69, 9.17) is 9.47 Å². The van der Waals surface area contributed by atoms with Crippen molar-refractivity contribution < 1.29 is 14.3 Å². The van der Waals surface area contributed by atoms with Crippen LogP contribution >= 0.6 is 0 Å². The van der Waals surface area contributed by atoms with E-state index >= 15 is 0 Å².